The second-order valence-electron chi connectivity index (χ2n) is 1.96. The quantitative estimate of drug-likeness (QED) is 0.356. The van der Waals surface area contributed by atoms with E-state index in [1.54, 1.807) is 6.07 Å². The Kier molecular flexibility index (Phi) is 2.03. The van der Waals surface area contributed by atoms with Gasteiger partial charge in [0.1, 0.15) is 0 Å². The molecule has 0 saturated heterocycles. The maximum atomic E-state index is 10.8. The van der Waals surface area contributed by atoms with Gasteiger partial charge in [0.05, 0.1) is 4.88 Å². The Morgan fingerprint density at radius 1 is 1.80 bits per heavy atom. The number of thiophene rings is 1. The van der Waals surface area contributed by atoms with Gasteiger partial charge in [-0.2, -0.15) is 0 Å². The van der Waals surface area contributed by atoms with E-state index in [0.29, 0.717) is 4.88 Å². The summed E-state index contributed by atoms with van der Waals surface area (Å²) < 4.78 is 0. The van der Waals surface area contributed by atoms with Crippen molar-refractivity contribution in [2.45, 2.75) is 6.92 Å². The van der Waals surface area contributed by atoms with Crippen molar-refractivity contribution in [1.82, 2.24) is 5.43 Å². The van der Waals surface area contributed by atoms with Crippen LogP contribution in [0.5, 0.6) is 0 Å². The molecule has 0 aliphatic rings. The molecule has 0 bridgehead atoms. The lowest BCUT2D eigenvalue weighted by Gasteiger charge is -1.90. The van der Waals surface area contributed by atoms with Gasteiger partial charge in [-0.25, -0.2) is 5.84 Å². The highest BCUT2D eigenvalue weighted by Gasteiger charge is 2.03. The molecule has 0 spiro atoms. The van der Waals surface area contributed by atoms with Crippen LogP contribution in [0.2, 0.25) is 0 Å². The summed E-state index contributed by atoms with van der Waals surface area (Å²) in [6.07, 6.45) is 0. The number of nitrogen functional groups attached to an aromatic ring is 1. The van der Waals surface area contributed by atoms with Crippen molar-refractivity contribution in [2.24, 2.45) is 5.84 Å². The fourth-order valence-electron chi connectivity index (χ4n) is 0.621. The Balaban J connectivity index is 2.85. The molecule has 0 fully saturated rings. The average Bonchev–Trinajstić information content (AvgIpc) is 2.34. The zero-order valence-corrected chi connectivity index (χ0v) is 6.37. The van der Waals surface area contributed by atoms with Crippen molar-refractivity contribution in [3.63, 3.8) is 0 Å². The first kappa shape index (κ1) is 7.24. The van der Waals surface area contributed by atoms with E-state index >= 15 is 0 Å². The van der Waals surface area contributed by atoms with Gasteiger partial charge in [0.15, 0.2) is 0 Å². The minimum absolute atomic E-state index is 0.224. The molecule has 1 aromatic heterocycles. The van der Waals surface area contributed by atoms with Crippen molar-refractivity contribution in [3.05, 3.63) is 21.9 Å². The third kappa shape index (κ3) is 1.34. The molecule has 10 heavy (non-hydrogen) atoms. The SMILES string of the molecule is Cc1csc(C(=O)NN)c1. The first-order valence-corrected chi connectivity index (χ1v) is 3.68. The highest BCUT2D eigenvalue weighted by atomic mass is 32.1. The summed E-state index contributed by atoms with van der Waals surface area (Å²) in [7, 11) is 0. The smallest absolute Gasteiger partial charge is 0.275 e. The fourth-order valence-corrected chi connectivity index (χ4v) is 1.42. The van der Waals surface area contributed by atoms with Crippen LogP contribution >= 0.6 is 11.3 Å². The van der Waals surface area contributed by atoms with Crippen molar-refractivity contribution in [1.29, 1.82) is 0 Å². The standard InChI is InChI=1S/C6H8N2OS/c1-4-2-5(10-3-4)6(9)8-7/h2-3H,7H2,1H3,(H,8,9). The van der Waals surface area contributed by atoms with Gasteiger partial charge in [-0.15, -0.1) is 11.3 Å². The molecule has 0 aliphatic carbocycles. The number of carbonyl (C=O) groups is 1. The van der Waals surface area contributed by atoms with Crippen molar-refractivity contribution >= 4 is 17.2 Å². The number of hydrogen-bond donors (Lipinski definition) is 2. The predicted molar refractivity (Wildman–Crippen MR) is 40.7 cm³/mol. The number of amides is 1. The first-order valence-electron chi connectivity index (χ1n) is 2.80. The molecule has 4 heteroatoms. The van der Waals surface area contributed by atoms with Crippen LogP contribution in [0.1, 0.15) is 15.2 Å². The number of nitrogens with two attached hydrogens (primary N) is 1. The second kappa shape index (κ2) is 2.81. The van der Waals surface area contributed by atoms with Crippen LogP contribution in [0, 0.1) is 6.92 Å². The molecular weight excluding hydrogens is 148 g/mol. The summed E-state index contributed by atoms with van der Waals surface area (Å²) in [6.45, 7) is 1.93. The van der Waals surface area contributed by atoms with Gasteiger partial charge in [0, 0.05) is 0 Å². The van der Waals surface area contributed by atoms with E-state index in [2.05, 4.69) is 5.43 Å². The Morgan fingerprint density at radius 2 is 2.50 bits per heavy atom. The molecule has 54 valence electrons. The molecule has 1 amide bonds. The molecule has 1 rings (SSSR count). The topological polar surface area (TPSA) is 55.1 Å². The molecule has 0 radical (unpaired) electrons. The van der Waals surface area contributed by atoms with Gasteiger partial charge in [-0.1, -0.05) is 0 Å². The first-order chi connectivity index (χ1) is 4.74. The maximum absolute atomic E-state index is 10.8. The molecule has 0 aromatic carbocycles. The summed E-state index contributed by atoms with van der Waals surface area (Å²) in [5.41, 5.74) is 3.15. The van der Waals surface area contributed by atoms with Crippen LogP contribution in [0.4, 0.5) is 0 Å². The van der Waals surface area contributed by atoms with Crippen LogP contribution in [0.25, 0.3) is 0 Å². The molecule has 0 aliphatic heterocycles. The minimum atomic E-state index is -0.224. The number of hydrogen-bond acceptors (Lipinski definition) is 3. The third-order valence-corrected chi connectivity index (χ3v) is 2.13. The molecule has 1 heterocycles. The van der Waals surface area contributed by atoms with Crippen LogP contribution < -0.4 is 11.3 Å². The molecule has 0 saturated carbocycles. The largest absolute Gasteiger partial charge is 0.289 e. The minimum Gasteiger partial charge on any atom is -0.289 e. The number of hydrazine groups is 1. The monoisotopic (exact) mass is 156 g/mol. The number of rotatable bonds is 1. The third-order valence-electron chi connectivity index (χ3n) is 1.09. The van der Waals surface area contributed by atoms with Crippen molar-refractivity contribution in [2.75, 3.05) is 0 Å². The van der Waals surface area contributed by atoms with Crippen LogP contribution in [-0.2, 0) is 0 Å². The molecule has 0 atom stereocenters. The van der Waals surface area contributed by atoms with E-state index in [1.165, 1.54) is 11.3 Å². The van der Waals surface area contributed by atoms with Gasteiger partial charge in [-0.3, -0.25) is 10.2 Å². The van der Waals surface area contributed by atoms with E-state index in [4.69, 9.17) is 5.84 Å². The van der Waals surface area contributed by atoms with E-state index in [9.17, 15) is 4.79 Å². The van der Waals surface area contributed by atoms with Crippen molar-refractivity contribution in [3.8, 4) is 0 Å². The second-order valence-corrected chi connectivity index (χ2v) is 2.87. The van der Waals surface area contributed by atoms with Crippen LogP contribution in [-0.4, -0.2) is 5.91 Å². The Bertz CT molecular complexity index is 244. The lowest BCUT2D eigenvalue weighted by molar-refractivity contribution is 0.0957. The highest BCUT2D eigenvalue weighted by Crippen LogP contribution is 2.12. The zero-order chi connectivity index (χ0) is 7.56. The predicted octanol–water partition coefficient (Wildman–Crippen LogP) is 0.660. The van der Waals surface area contributed by atoms with Crippen molar-refractivity contribution < 1.29 is 4.79 Å². The molecule has 3 nitrogen and oxygen atoms in total. The van der Waals surface area contributed by atoms with E-state index < -0.39 is 0 Å². The normalized spacial score (nSPS) is 9.40. The highest BCUT2D eigenvalue weighted by molar-refractivity contribution is 7.12. The van der Waals surface area contributed by atoms with Gasteiger partial charge in [-0.05, 0) is 23.9 Å². The average molecular weight is 156 g/mol. The Labute approximate surface area is 62.8 Å². The lowest BCUT2D eigenvalue weighted by atomic mass is 10.3. The van der Waals surface area contributed by atoms with Crippen LogP contribution in [0.3, 0.4) is 0 Å². The number of carbonyl (C=O) groups excluding carboxylic acids is 1. The maximum Gasteiger partial charge on any atom is 0.275 e. The number of nitrogens with one attached hydrogen (secondary N) is 1. The van der Waals surface area contributed by atoms with Gasteiger partial charge >= 0.3 is 0 Å². The Hall–Kier alpha value is -0.870. The summed E-state index contributed by atoms with van der Waals surface area (Å²) in [5.74, 6) is 4.70. The summed E-state index contributed by atoms with van der Waals surface area (Å²) >= 11 is 1.39. The molecule has 3 N–H and O–H groups in total. The van der Waals surface area contributed by atoms with E-state index in [1.807, 2.05) is 12.3 Å². The van der Waals surface area contributed by atoms with Gasteiger partial charge in [0.25, 0.3) is 5.91 Å². The summed E-state index contributed by atoms with van der Waals surface area (Å²) in [4.78, 5) is 11.5. The zero-order valence-electron chi connectivity index (χ0n) is 5.55. The fraction of sp³-hybridized carbons (Fsp3) is 0.167. The summed E-state index contributed by atoms with van der Waals surface area (Å²) in [6, 6.07) is 1.80. The summed E-state index contributed by atoms with van der Waals surface area (Å²) in [5, 5.41) is 1.91. The van der Waals surface area contributed by atoms with E-state index in [-0.39, 0.29) is 5.91 Å². The van der Waals surface area contributed by atoms with Gasteiger partial charge in [0.2, 0.25) is 0 Å². The Morgan fingerprint density at radius 3 is 2.90 bits per heavy atom. The van der Waals surface area contributed by atoms with E-state index in [0.717, 1.165) is 5.56 Å². The molecular formula is C6H8N2OS. The number of aryl methyl sites for hydroxylation is 1. The van der Waals surface area contributed by atoms with Gasteiger partial charge < -0.3 is 0 Å². The molecule has 1 aromatic rings. The molecule has 0 unspecified atom stereocenters. The van der Waals surface area contributed by atoms with Crippen LogP contribution in [0.15, 0.2) is 11.4 Å². The lowest BCUT2D eigenvalue weighted by Crippen LogP contribution is -2.29.